The number of hydrogen-bond acceptors (Lipinski definition) is 13. The Bertz CT molecular complexity index is 2220. The summed E-state index contributed by atoms with van der Waals surface area (Å²) in [6.07, 6.45) is 9.61. The highest BCUT2D eigenvalue weighted by molar-refractivity contribution is 7.22. The minimum Gasteiger partial charge on any atom is -0.497 e. The van der Waals surface area contributed by atoms with Crippen LogP contribution in [-0.2, 0) is 11.2 Å². The maximum atomic E-state index is 12.9. The molecule has 4 fully saturated rings. The van der Waals surface area contributed by atoms with Crippen molar-refractivity contribution in [1.29, 1.82) is 5.41 Å². The van der Waals surface area contributed by atoms with Crippen LogP contribution in [0.2, 0.25) is 0 Å². The third kappa shape index (κ3) is 7.00. The monoisotopic (exact) mass is 779 g/mol. The topological polar surface area (TPSA) is 170 Å². The lowest BCUT2D eigenvalue weighted by Gasteiger charge is -2.69. The van der Waals surface area contributed by atoms with Crippen LogP contribution in [0, 0.1) is 28.6 Å². The predicted octanol–water partition coefficient (Wildman–Crippen LogP) is 7.65. The fraction of sp³-hybridized carbons (Fsp3) is 0.524. The first-order valence-electron chi connectivity index (χ1n) is 19.6. The first-order chi connectivity index (χ1) is 26.8. The zero-order valence-corrected chi connectivity index (χ0v) is 34.1. The van der Waals surface area contributed by atoms with Crippen molar-refractivity contribution in [2.24, 2.45) is 16.2 Å². The van der Waals surface area contributed by atoms with Crippen molar-refractivity contribution < 1.29 is 19.4 Å². The number of nitrogens with zero attached hydrogens (tertiary/aromatic N) is 5. The van der Waals surface area contributed by atoms with E-state index in [-0.39, 0.29) is 27.5 Å². The van der Waals surface area contributed by atoms with Gasteiger partial charge >= 0.3 is 5.97 Å². The number of carboxylic acids is 1. The molecule has 0 amide bonds. The van der Waals surface area contributed by atoms with Crippen molar-refractivity contribution in [2.75, 3.05) is 50.6 Å². The third-order valence-corrected chi connectivity index (χ3v) is 13.5. The summed E-state index contributed by atoms with van der Waals surface area (Å²) >= 11 is 1.53. The number of carbonyl (C=O) groups is 1. The van der Waals surface area contributed by atoms with E-state index in [0.717, 1.165) is 90.8 Å². The summed E-state index contributed by atoms with van der Waals surface area (Å²) in [5.74, 6) is 1.37. The number of anilines is 4. The van der Waals surface area contributed by atoms with Crippen molar-refractivity contribution >= 4 is 61.9 Å². The second kappa shape index (κ2) is 14.4. The molecular formula is C42H53N9O4S. The van der Waals surface area contributed by atoms with E-state index in [0.29, 0.717) is 46.9 Å². The van der Waals surface area contributed by atoms with Gasteiger partial charge in [-0.1, -0.05) is 25.2 Å². The summed E-state index contributed by atoms with van der Waals surface area (Å²) in [7, 11) is 3.60. The maximum absolute atomic E-state index is 12.9. The molecule has 9 rings (SSSR count). The van der Waals surface area contributed by atoms with E-state index in [1.54, 1.807) is 13.2 Å². The highest BCUT2D eigenvalue weighted by Gasteiger charge is 2.66. The van der Waals surface area contributed by atoms with Crippen LogP contribution >= 0.6 is 11.3 Å². The predicted molar refractivity (Wildman–Crippen MR) is 221 cm³/mol. The van der Waals surface area contributed by atoms with Gasteiger partial charge in [-0.25, -0.2) is 14.8 Å². The quantitative estimate of drug-likeness (QED) is 0.0627. The van der Waals surface area contributed by atoms with E-state index < -0.39 is 5.97 Å². The number of ether oxygens (including phenoxy) is 2. The summed E-state index contributed by atoms with van der Waals surface area (Å²) in [5.41, 5.74) is 4.81. The molecule has 13 nitrogen and oxygen atoms in total. The van der Waals surface area contributed by atoms with Crippen LogP contribution in [0.4, 0.5) is 22.6 Å². The second-order valence-corrected chi connectivity index (χ2v) is 18.5. The molecule has 296 valence electrons. The van der Waals surface area contributed by atoms with Gasteiger partial charge < -0.3 is 40.8 Å². The Labute approximate surface area is 332 Å². The van der Waals surface area contributed by atoms with E-state index in [1.807, 2.05) is 50.1 Å². The molecule has 1 aromatic carbocycles. The number of aromatic nitrogens is 4. The normalized spacial score (nSPS) is 26.9. The molecule has 4 heterocycles. The smallest absolute Gasteiger partial charge is 0.355 e. The lowest BCUT2D eigenvalue weighted by atomic mass is 9.39. The average Bonchev–Trinajstić information content (AvgIpc) is 3.55. The van der Waals surface area contributed by atoms with Crippen molar-refractivity contribution in [3.05, 3.63) is 58.4 Å². The number of fused-ring (bicyclic) bond motifs is 2. The minimum atomic E-state index is -1.15. The molecule has 4 bridgehead atoms. The molecule has 2 unspecified atom stereocenters. The largest absolute Gasteiger partial charge is 0.497 e. The van der Waals surface area contributed by atoms with Gasteiger partial charge in [0.1, 0.15) is 11.6 Å². The fourth-order valence-corrected chi connectivity index (χ4v) is 12.3. The Hall–Kier alpha value is -4.66. The minimum absolute atomic E-state index is 0.0583. The number of likely N-dealkylation sites (N-methyl/N-ethyl adjacent to an activating group) is 1. The van der Waals surface area contributed by atoms with Crippen LogP contribution in [0.1, 0.15) is 92.9 Å². The lowest BCUT2D eigenvalue weighted by Crippen LogP contribution is -2.65. The number of thiazole rings is 1. The number of aromatic carboxylic acids is 1. The first-order valence-corrected chi connectivity index (χ1v) is 20.4. The van der Waals surface area contributed by atoms with Gasteiger partial charge in [-0.2, -0.15) is 0 Å². The molecule has 4 aromatic rings. The number of allylic oxidation sites excluding steroid dienone is 2. The van der Waals surface area contributed by atoms with E-state index in [1.165, 1.54) is 24.0 Å². The van der Waals surface area contributed by atoms with Crippen molar-refractivity contribution in [2.45, 2.75) is 84.7 Å². The van der Waals surface area contributed by atoms with Crippen LogP contribution in [0.5, 0.6) is 5.75 Å². The Morgan fingerprint density at radius 3 is 2.57 bits per heavy atom. The fourth-order valence-electron chi connectivity index (χ4n) is 11.4. The Morgan fingerprint density at radius 2 is 1.86 bits per heavy atom. The van der Waals surface area contributed by atoms with Gasteiger partial charge in [0.25, 0.3) is 0 Å². The Balaban J connectivity index is 1.04. The van der Waals surface area contributed by atoms with Gasteiger partial charge in [0.05, 0.1) is 29.5 Å². The molecule has 5 N–H and O–H groups in total. The molecule has 1 aliphatic heterocycles. The van der Waals surface area contributed by atoms with E-state index >= 15 is 0 Å². The van der Waals surface area contributed by atoms with Crippen LogP contribution < -0.4 is 25.6 Å². The Kier molecular flexibility index (Phi) is 9.81. The van der Waals surface area contributed by atoms with Gasteiger partial charge in [-0.15, -0.1) is 10.2 Å². The Morgan fingerprint density at radius 1 is 1.07 bits per heavy atom. The summed E-state index contributed by atoms with van der Waals surface area (Å²) in [6, 6.07) is 9.43. The average molecular weight is 780 g/mol. The number of carboxylic acid groups (broad SMARTS) is 1. The molecular weight excluding hydrogens is 727 g/mol. The number of benzene rings is 1. The van der Waals surface area contributed by atoms with Crippen molar-refractivity contribution in [3.63, 3.8) is 0 Å². The standard InChI is InChI=1S/C42H53N9O4S/c1-25-28-8-7-14-51(36(28)50-49-35(25)48-38-46-31-16-27(54-6)9-11-32(31)56-38)33-12-10-29(34(47-33)37(52)53)30(17-43)26(2)45-24-41-19-39(3)18-40(4,20-41)22-42(21-39,23-41)55-15-13-44-5/h9-12,16-17,43-45H,7-8,13-15,18-24H2,1-6H3,(H,52,53)(H,46,48,49)/b30-26+,43-17?. The van der Waals surface area contributed by atoms with Crippen LogP contribution in [0.3, 0.4) is 0 Å². The summed E-state index contributed by atoms with van der Waals surface area (Å²) < 4.78 is 13.1. The summed E-state index contributed by atoms with van der Waals surface area (Å²) in [5, 5.41) is 39.2. The number of methoxy groups -OCH3 is 1. The highest BCUT2D eigenvalue weighted by Crippen LogP contribution is 2.71. The van der Waals surface area contributed by atoms with Gasteiger partial charge in [0.15, 0.2) is 22.5 Å². The molecule has 14 heteroatoms. The molecule has 3 aromatic heterocycles. The van der Waals surface area contributed by atoms with Gasteiger partial charge in [-0.3, -0.25) is 0 Å². The number of pyridine rings is 1. The zero-order valence-electron chi connectivity index (χ0n) is 33.3. The third-order valence-electron chi connectivity index (χ3n) is 12.5. The van der Waals surface area contributed by atoms with Crippen molar-refractivity contribution in [1.82, 2.24) is 30.8 Å². The van der Waals surface area contributed by atoms with E-state index in [9.17, 15) is 9.90 Å². The number of nitrogens with one attached hydrogen (secondary N) is 4. The van der Waals surface area contributed by atoms with E-state index in [4.69, 9.17) is 24.9 Å². The van der Waals surface area contributed by atoms with E-state index in [2.05, 4.69) is 40.0 Å². The van der Waals surface area contributed by atoms with Gasteiger partial charge in [-0.05, 0) is 113 Å². The van der Waals surface area contributed by atoms with Crippen LogP contribution in [-0.4, -0.2) is 83.5 Å². The van der Waals surface area contributed by atoms with Gasteiger partial charge in [0, 0.05) is 59.9 Å². The number of rotatable bonds is 14. The molecule has 0 radical (unpaired) electrons. The molecule has 56 heavy (non-hydrogen) atoms. The summed E-state index contributed by atoms with van der Waals surface area (Å²) in [4.78, 5) is 24.2. The maximum Gasteiger partial charge on any atom is 0.355 e. The molecule has 4 aliphatic carbocycles. The lowest BCUT2D eigenvalue weighted by molar-refractivity contribution is -0.242. The molecule has 5 aliphatic rings. The molecule has 0 spiro atoms. The molecule has 2 atom stereocenters. The number of hydrogen-bond donors (Lipinski definition) is 5. The highest BCUT2D eigenvalue weighted by atomic mass is 32.1. The van der Waals surface area contributed by atoms with Gasteiger partial charge in [0.2, 0.25) is 0 Å². The van der Waals surface area contributed by atoms with Crippen LogP contribution in [0.25, 0.3) is 15.8 Å². The molecule has 0 saturated heterocycles. The van der Waals surface area contributed by atoms with Crippen molar-refractivity contribution in [3.8, 4) is 5.75 Å². The zero-order chi connectivity index (χ0) is 39.5. The SMILES string of the molecule is CNCCOC12CC3(C)CC(C)(CC(CN/C(C)=C(\C=N)c4ccc(N5CCCc6c5nnc(Nc5nc7cc(OC)ccc7s5)c6C)nc4C(=O)O)(C3)C1)C2. The van der Waals surface area contributed by atoms with Crippen LogP contribution in [0.15, 0.2) is 36.0 Å². The second-order valence-electron chi connectivity index (χ2n) is 17.4. The first kappa shape index (κ1) is 38.2. The molecule has 4 saturated carbocycles. The summed E-state index contributed by atoms with van der Waals surface area (Å²) in [6.45, 7) is 11.8.